The molecule has 2 aromatic heterocycles. The summed E-state index contributed by atoms with van der Waals surface area (Å²) in [7, 11) is 0. The van der Waals surface area contributed by atoms with Gasteiger partial charge in [0.05, 0.1) is 5.69 Å². The molecule has 3 rings (SSSR count). The van der Waals surface area contributed by atoms with E-state index in [9.17, 15) is 9.59 Å². The molecule has 27 heavy (non-hydrogen) atoms. The standard InChI is InChI=1S/C20H20N4O3/c1-13-14(2)23-24-20(26)18(13)19(25)22-11-15-5-7-17(8-6-15)27-12-16-4-3-9-21-10-16/h3-10H,11-12H2,1-2H3,(H,22,25)(H,24,26). The highest BCUT2D eigenvalue weighted by atomic mass is 16.5. The van der Waals surface area contributed by atoms with Crippen LogP contribution in [0.25, 0.3) is 0 Å². The normalized spacial score (nSPS) is 10.4. The Labute approximate surface area is 156 Å². The lowest BCUT2D eigenvalue weighted by Gasteiger charge is -2.09. The topological polar surface area (TPSA) is 97.0 Å². The first-order chi connectivity index (χ1) is 13.0. The molecule has 1 aromatic carbocycles. The van der Waals surface area contributed by atoms with Crippen LogP contribution in [-0.2, 0) is 13.2 Å². The summed E-state index contributed by atoms with van der Waals surface area (Å²) >= 11 is 0. The van der Waals surface area contributed by atoms with Crippen LogP contribution < -0.4 is 15.6 Å². The monoisotopic (exact) mass is 364 g/mol. The fourth-order valence-corrected chi connectivity index (χ4v) is 2.52. The summed E-state index contributed by atoms with van der Waals surface area (Å²) in [5, 5.41) is 8.95. The van der Waals surface area contributed by atoms with Gasteiger partial charge in [-0.05, 0) is 43.2 Å². The predicted octanol–water partition coefficient (Wildman–Crippen LogP) is 2.29. The maximum atomic E-state index is 12.3. The molecule has 2 N–H and O–H groups in total. The van der Waals surface area contributed by atoms with Crippen molar-refractivity contribution in [2.24, 2.45) is 0 Å². The molecule has 0 radical (unpaired) electrons. The number of aromatic nitrogens is 3. The first kappa shape index (κ1) is 18.3. The lowest BCUT2D eigenvalue weighted by molar-refractivity contribution is 0.0948. The van der Waals surface area contributed by atoms with Crippen molar-refractivity contribution in [2.75, 3.05) is 0 Å². The van der Waals surface area contributed by atoms with Crippen molar-refractivity contribution < 1.29 is 9.53 Å². The number of nitrogens with zero attached hydrogens (tertiary/aromatic N) is 2. The number of hydrogen-bond acceptors (Lipinski definition) is 5. The number of aryl methyl sites for hydroxylation is 1. The second kappa shape index (κ2) is 8.27. The molecule has 0 unspecified atom stereocenters. The van der Waals surface area contributed by atoms with E-state index in [0.717, 1.165) is 16.9 Å². The van der Waals surface area contributed by atoms with Crippen molar-refractivity contribution in [3.63, 3.8) is 0 Å². The third-order valence-electron chi connectivity index (χ3n) is 4.20. The second-order valence-electron chi connectivity index (χ2n) is 6.11. The molecular formula is C20H20N4O3. The molecule has 138 valence electrons. The largest absolute Gasteiger partial charge is 0.489 e. The quantitative estimate of drug-likeness (QED) is 0.699. The summed E-state index contributed by atoms with van der Waals surface area (Å²) in [6, 6.07) is 11.2. The number of H-pyrrole nitrogens is 1. The van der Waals surface area contributed by atoms with E-state index in [0.29, 0.717) is 24.4 Å². The number of carbonyl (C=O) groups is 1. The van der Waals surface area contributed by atoms with E-state index in [2.05, 4.69) is 20.5 Å². The van der Waals surface area contributed by atoms with Crippen LogP contribution in [0, 0.1) is 13.8 Å². The molecule has 0 fully saturated rings. The average Bonchev–Trinajstić information content (AvgIpc) is 2.69. The van der Waals surface area contributed by atoms with Gasteiger partial charge in [-0.15, -0.1) is 0 Å². The molecule has 0 saturated carbocycles. The molecule has 2 heterocycles. The van der Waals surface area contributed by atoms with Gasteiger partial charge in [0.2, 0.25) is 0 Å². The Hall–Kier alpha value is -3.48. The van der Waals surface area contributed by atoms with Gasteiger partial charge in [0.1, 0.15) is 17.9 Å². The van der Waals surface area contributed by atoms with Gasteiger partial charge >= 0.3 is 0 Å². The lowest BCUT2D eigenvalue weighted by atomic mass is 10.1. The molecular weight excluding hydrogens is 344 g/mol. The zero-order chi connectivity index (χ0) is 19.2. The fourth-order valence-electron chi connectivity index (χ4n) is 2.52. The minimum absolute atomic E-state index is 0.0962. The highest BCUT2D eigenvalue weighted by molar-refractivity contribution is 5.95. The van der Waals surface area contributed by atoms with E-state index in [4.69, 9.17) is 4.74 Å². The number of benzene rings is 1. The highest BCUT2D eigenvalue weighted by Crippen LogP contribution is 2.14. The van der Waals surface area contributed by atoms with Crippen LogP contribution in [0.5, 0.6) is 5.75 Å². The van der Waals surface area contributed by atoms with Gasteiger partial charge in [0.15, 0.2) is 0 Å². The van der Waals surface area contributed by atoms with Crippen LogP contribution in [0.1, 0.15) is 32.7 Å². The zero-order valence-electron chi connectivity index (χ0n) is 15.2. The summed E-state index contributed by atoms with van der Waals surface area (Å²) in [6.45, 7) is 4.20. The van der Waals surface area contributed by atoms with Gasteiger partial charge in [0, 0.05) is 24.5 Å². The fraction of sp³-hybridized carbons (Fsp3) is 0.200. The first-order valence-corrected chi connectivity index (χ1v) is 8.49. The Kier molecular flexibility index (Phi) is 5.61. The summed E-state index contributed by atoms with van der Waals surface area (Å²) < 4.78 is 5.71. The van der Waals surface area contributed by atoms with E-state index in [1.165, 1.54) is 0 Å². The summed E-state index contributed by atoms with van der Waals surface area (Å²) in [5.74, 6) is 0.308. The van der Waals surface area contributed by atoms with E-state index >= 15 is 0 Å². The Morgan fingerprint density at radius 1 is 1.15 bits per heavy atom. The molecule has 0 saturated heterocycles. The minimum Gasteiger partial charge on any atom is -0.489 e. The molecule has 0 aliphatic carbocycles. The number of rotatable bonds is 6. The molecule has 0 aliphatic heterocycles. The molecule has 0 spiro atoms. The molecule has 1 amide bonds. The van der Waals surface area contributed by atoms with Gasteiger partial charge in [-0.25, -0.2) is 5.10 Å². The van der Waals surface area contributed by atoms with E-state index in [1.807, 2.05) is 36.4 Å². The highest BCUT2D eigenvalue weighted by Gasteiger charge is 2.15. The van der Waals surface area contributed by atoms with E-state index in [-0.39, 0.29) is 5.56 Å². The Morgan fingerprint density at radius 3 is 2.63 bits per heavy atom. The van der Waals surface area contributed by atoms with Crippen LogP contribution in [0.3, 0.4) is 0 Å². The van der Waals surface area contributed by atoms with Crippen molar-refractivity contribution in [1.29, 1.82) is 0 Å². The van der Waals surface area contributed by atoms with Crippen LogP contribution in [0.4, 0.5) is 0 Å². The van der Waals surface area contributed by atoms with Gasteiger partial charge < -0.3 is 10.1 Å². The number of aromatic amines is 1. The SMILES string of the molecule is Cc1n[nH]c(=O)c(C(=O)NCc2ccc(OCc3cccnc3)cc2)c1C. The number of amides is 1. The van der Waals surface area contributed by atoms with Crippen molar-refractivity contribution >= 4 is 5.91 Å². The molecule has 0 atom stereocenters. The molecule has 0 bridgehead atoms. The van der Waals surface area contributed by atoms with Gasteiger partial charge in [0.25, 0.3) is 11.5 Å². The third kappa shape index (κ3) is 4.58. The van der Waals surface area contributed by atoms with Crippen molar-refractivity contribution in [3.8, 4) is 5.75 Å². The van der Waals surface area contributed by atoms with Gasteiger partial charge in [-0.3, -0.25) is 14.6 Å². The van der Waals surface area contributed by atoms with Crippen molar-refractivity contribution in [1.82, 2.24) is 20.5 Å². The third-order valence-corrected chi connectivity index (χ3v) is 4.20. The number of carbonyl (C=O) groups excluding carboxylic acids is 1. The smallest absolute Gasteiger partial charge is 0.277 e. The van der Waals surface area contributed by atoms with E-state index in [1.54, 1.807) is 26.2 Å². The Morgan fingerprint density at radius 2 is 1.93 bits per heavy atom. The zero-order valence-corrected chi connectivity index (χ0v) is 15.2. The van der Waals surface area contributed by atoms with Crippen LogP contribution >= 0.6 is 0 Å². The summed E-state index contributed by atoms with van der Waals surface area (Å²) in [4.78, 5) is 28.3. The summed E-state index contributed by atoms with van der Waals surface area (Å²) in [5.41, 5.74) is 2.69. The predicted molar refractivity (Wildman–Crippen MR) is 101 cm³/mol. The Balaban J connectivity index is 1.58. The van der Waals surface area contributed by atoms with Gasteiger partial charge in [-0.1, -0.05) is 18.2 Å². The number of ether oxygens (including phenoxy) is 1. The average molecular weight is 364 g/mol. The molecule has 7 heteroatoms. The minimum atomic E-state index is -0.491. The van der Waals surface area contributed by atoms with E-state index < -0.39 is 11.5 Å². The van der Waals surface area contributed by atoms with Gasteiger partial charge in [-0.2, -0.15) is 5.10 Å². The number of pyridine rings is 1. The van der Waals surface area contributed by atoms with Crippen LogP contribution in [-0.4, -0.2) is 21.1 Å². The van der Waals surface area contributed by atoms with Crippen molar-refractivity contribution in [2.45, 2.75) is 27.0 Å². The molecule has 0 aliphatic rings. The van der Waals surface area contributed by atoms with Crippen LogP contribution in [0.15, 0.2) is 53.6 Å². The number of nitrogens with one attached hydrogen (secondary N) is 2. The maximum absolute atomic E-state index is 12.3. The second-order valence-corrected chi connectivity index (χ2v) is 6.11. The van der Waals surface area contributed by atoms with Crippen LogP contribution in [0.2, 0.25) is 0 Å². The molecule has 3 aromatic rings. The Bertz CT molecular complexity index is 982. The first-order valence-electron chi connectivity index (χ1n) is 8.49. The van der Waals surface area contributed by atoms with Crippen molar-refractivity contribution in [3.05, 3.63) is 87.1 Å². The number of hydrogen-bond donors (Lipinski definition) is 2. The lowest BCUT2D eigenvalue weighted by Crippen LogP contribution is -2.31. The molecule has 7 nitrogen and oxygen atoms in total. The summed E-state index contributed by atoms with van der Waals surface area (Å²) in [6.07, 6.45) is 3.48. The maximum Gasteiger partial charge on any atom is 0.277 e.